The smallest absolute Gasteiger partial charge is 0.288 e. The van der Waals surface area contributed by atoms with Crippen LogP contribution in [-0.2, 0) is 0 Å². The normalized spacial score (nSPS) is 15.7. The summed E-state index contributed by atoms with van der Waals surface area (Å²) in [6, 6.07) is 7.97. The van der Waals surface area contributed by atoms with Gasteiger partial charge < -0.3 is 19.2 Å². The van der Waals surface area contributed by atoms with Crippen LogP contribution in [0, 0.1) is 5.82 Å². The molecule has 1 aromatic heterocycles. The molecule has 0 bridgehead atoms. The lowest BCUT2D eigenvalue weighted by atomic mass is 9.99. The molecule has 1 aliphatic heterocycles. The molecule has 2 heterocycles. The second-order valence-electron chi connectivity index (χ2n) is 5.84. The van der Waals surface area contributed by atoms with Crippen molar-refractivity contribution in [2.24, 2.45) is 0 Å². The first-order valence-corrected chi connectivity index (χ1v) is 7.82. The molecule has 0 unspecified atom stereocenters. The monoisotopic (exact) mass is 355 g/mol. The predicted molar refractivity (Wildman–Crippen MR) is 91.3 cm³/mol. The van der Waals surface area contributed by atoms with Gasteiger partial charge in [0, 0.05) is 0 Å². The summed E-state index contributed by atoms with van der Waals surface area (Å²) in [7, 11) is 3.01. The van der Waals surface area contributed by atoms with Gasteiger partial charge in [0.2, 0.25) is 5.76 Å². The molecule has 1 amide bonds. The van der Waals surface area contributed by atoms with E-state index in [1.54, 1.807) is 18.2 Å². The van der Waals surface area contributed by atoms with E-state index in [1.165, 1.54) is 26.4 Å². The van der Waals surface area contributed by atoms with Crippen LogP contribution in [0.1, 0.15) is 27.7 Å². The molecule has 1 aliphatic rings. The van der Waals surface area contributed by atoms with Gasteiger partial charge in [0.15, 0.2) is 16.9 Å². The van der Waals surface area contributed by atoms with Crippen molar-refractivity contribution in [3.8, 4) is 11.5 Å². The number of benzene rings is 2. The summed E-state index contributed by atoms with van der Waals surface area (Å²) in [4.78, 5) is 25.2. The Balaban J connectivity index is 1.93. The SMILES string of the molecule is COc1ccc([C@@H]2NC(=O)c3oc4ccc(F)cc4c(=O)c32)cc1OC. The second kappa shape index (κ2) is 5.87. The Kier molecular flexibility index (Phi) is 3.64. The first kappa shape index (κ1) is 16.1. The van der Waals surface area contributed by atoms with Gasteiger partial charge >= 0.3 is 0 Å². The van der Waals surface area contributed by atoms with Crippen molar-refractivity contribution in [3.63, 3.8) is 0 Å². The van der Waals surface area contributed by atoms with Crippen molar-refractivity contribution in [1.82, 2.24) is 5.32 Å². The van der Waals surface area contributed by atoms with Crippen LogP contribution >= 0.6 is 0 Å². The number of fused-ring (bicyclic) bond motifs is 2. The molecular weight excluding hydrogens is 341 g/mol. The van der Waals surface area contributed by atoms with E-state index in [4.69, 9.17) is 13.9 Å². The highest BCUT2D eigenvalue weighted by Gasteiger charge is 2.36. The highest BCUT2D eigenvalue weighted by atomic mass is 19.1. The molecule has 0 aliphatic carbocycles. The maximum atomic E-state index is 13.6. The van der Waals surface area contributed by atoms with Crippen LogP contribution in [-0.4, -0.2) is 20.1 Å². The van der Waals surface area contributed by atoms with Crippen LogP contribution in [0.5, 0.6) is 11.5 Å². The average Bonchev–Trinajstić information content (AvgIpc) is 2.99. The molecule has 0 spiro atoms. The maximum Gasteiger partial charge on any atom is 0.288 e. The van der Waals surface area contributed by atoms with Crippen LogP contribution < -0.4 is 20.2 Å². The molecule has 0 fully saturated rings. The van der Waals surface area contributed by atoms with Crippen molar-refractivity contribution >= 4 is 16.9 Å². The largest absolute Gasteiger partial charge is 0.493 e. The zero-order valence-corrected chi connectivity index (χ0v) is 14.0. The Bertz CT molecular complexity index is 1110. The number of nitrogens with one attached hydrogen (secondary N) is 1. The average molecular weight is 355 g/mol. The molecule has 7 heteroatoms. The lowest BCUT2D eigenvalue weighted by molar-refractivity contribution is 0.0938. The van der Waals surface area contributed by atoms with Gasteiger partial charge in [-0.1, -0.05) is 6.07 Å². The summed E-state index contributed by atoms with van der Waals surface area (Å²) in [6.45, 7) is 0. The van der Waals surface area contributed by atoms with Crippen LogP contribution in [0.15, 0.2) is 45.6 Å². The zero-order valence-electron chi connectivity index (χ0n) is 14.0. The van der Waals surface area contributed by atoms with Crippen LogP contribution in [0.25, 0.3) is 11.0 Å². The van der Waals surface area contributed by atoms with Gasteiger partial charge in [-0.2, -0.15) is 0 Å². The number of carbonyl (C=O) groups excluding carboxylic acids is 1. The first-order valence-electron chi connectivity index (χ1n) is 7.82. The number of hydrogen-bond acceptors (Lipinski definition) is 5. The zero-order chi connectivity index (χ0) is 18.4. The third kappa shape index (κ3) is 2.32. The van der Waals surface area contributed by atoms with E-state index >= 15 is 0 Å². The van der Waals surface area contributed by atoms with Crippen LogP contribution in [0.3, 0.4) is 0 Å². The first-order chi connectivity index (χ1) is 12.5. The van der Waals surface area contributed by atoms with Gasteiger partial charge in [-0.3, -0.25) is 9.59 Å². The highest BCUT2D eigenvalue weighted by molar-refractivity contribution is 5.99. The molecule has 3 aromatic rings. The Labute approximate surface area is 147 Å². The van der Waals surface area contributed by atoms with E-state index in [0.29, 0.717) is 17.1 Å². The molecule has 132 valence electrons. The van der Waals surface area contributed by atoms with E-state index in [9.17, 15) is 14.0 Å². The summed E-state index contributed by atoms with van der Waals surface area (Å²) >= 11 is 0. The second-order valence-corrected chi connectivity index (χ2v) is 5.84. The molecule has 2 aromatic carbocycles. The number of hydrogen-bond donors (Lipinski definition) is 1. The molecule has 1 atom stereocenters. The van der Waals surface area contributed by atoms with E-state index in [2.05, 4.69) is 5.32 Å². The van der Waals surface area contributed by atoms with Crippen LogP contribution in [0.2, 0.25) is 0 Å². The van der Waals surface area contributed by atoms with Crippen molar-refractivity contribution < 1.29 is 23.1 Å². The van der Waals surface area contributed by atoms with Gasteiger partial charge in [0.1, 0.15) is 11.4 Å². The fraction of sp³-hybridized carbons (Fsp3) is 0.158. The van der Waals surface area contributed by atoms with E-state index < -0.39 is 23.2 Å². The molecule has 4 rings (SSSR count). The van der Waals surface area contributed by atoms with Crippen LogP contribution in [0.4, 0.5) is 4.39 Å². The fourth-order valence-corrected chi connectivity index (χ4v) is 3.16. The van der Waals surface area contributed by atoms with E-state index in [-0.39, 0.29) is 22.3 Å². The minimum absolute atomic E-state index is 0.0612. The van der Waals surface area contributed by atoms with E-state index in [0.717, 1.165) is 6.07 Å². The highest BCUT2D eigenvalue weighted by Crippen LogP contribution is 2.35. The molecule has 6 nitrogen and oxygen atoms in total. The Morgan fingerprint density at radius 2 is 1.81 bits per heavy atom. The number of ether oxygens (including phenoxy) is 2. The van der Waals surface area contributed by atoms with Gasteiger partial charge in [-0.05, 0) is 35.9 Å². The lowest BCUT2D eigenvalue weighted by Gasteiger charge is -2.14. The summed E-state index contributed by atoms with van der Waals surface area (Å²) in [5, 5.41) is 2.82. The minimum Gasteiger partial charge on any atom is -0.493 e. The summed E-state index contributed by atoms with van der Waals surface area (Å²) in [5.74, 6) is -0.126. The van der Waals surface area contributed by atoms with Gasteiger partial charge in [0.25, 0.3) is 5.91 Å². The summed E-state index contributed by atoms with van der Waals surface area (Å²) < 4.78 is 29.6. The Morgan fingerprint density at radius 1 is 1.04 bits per heavy atom. The Morgan fingerprint density at radius 3 is 2.54 bits per heavy atom. The van der Waals surface area contributed by atoms with E-state index in [1.807, 2.05) is 0 Å². The van der Waals surface area contributed by atoms with Gasteiger partial charge in [-0.15, -0.1) is 0 Å². The number of carbonyl (C=O) groups is 1. The maximum absolute atomic E-state index is 13.6. The standard InChI is InChI=1S/C19H14FNO5/c1-24-13-5-3-9(7-14(13)25-2)16-15-17(22)11-8-10(20)4-6-12(11)26-18(15)19(23)21-16/h3-8,16H,1-2H3,(H,21,23)/t16-/m0/s1. The molecular formula is C19H14FNO5. The number of methoxy groups -OCH3 is 2. The molecule has 26 heavy (non-hydrogen) atoms. The summed E-state index contributed by atoms with van der Waals surface area (Å²) in [5.41, 5.74) is 0.496. The van der Waals surface area contributed by atoms with Gasteiger partial charge in [-0.25, -0.2) is 4.39 Å². The number of amides is 1. The lowest BCUT2D eigenvalue weighted by Crippen LogP contribution is -2.22. The van der Waals surface area contributed by atoms with Crippen molar-refractivity contribution in [1.29, 1.82) is 0 Å². The Hall–Kier alpha value is -3.35. The van der Waals surface area contributed by atoms with Crippen molar-refractivity contribution in [2.45, 2.75) is 6.04 Å². The number of halogens is 1. The summed E-state index contributed by atoms with van der Waals surface area (Å²) in [6.07, 6.45) is 0. The van der Waals surface area contributed by atoms with Crippen molar-refractivity contribution in [2.75, 3.05) is 14.2 Å². The fourth-order valence-electron chi connectivity index (χ4n) is 3.16. The third-order valence-electron chi connectivity index (χ3n) is 4.40. The molecule has 0 saturated heterocycles. The molecule has 0 saturated carbocycles. The third-order valence-corrected chi connectivity index (χ3v) is 4.40. The predicted octanol–water partition coefficient (Wildman–Crippen LogP) is 2.78. The minimum atomic E-state index is -0.721. The number of rotatable bonds is 3. The molecule has 1 N–H and O–H groups in total. The topological polar surface area (TPSA) is 77.8 Å². The van der Waals surface area contributed by atoms with Gasteiger partial charge in [0.05, 0.1) is 31.2 Å². The quantitative estimate of drug-likeness (QED) is 0.782. The molecule has 0 radical (unpaired) electrons. The van der Waals surface area contributed by atoms with Crippen molar-refractivity contribution in [3.05, 3.63) is 69.3 Å².